The standard InChI is InChI=1S/C2F3IO2S/c3-2(4,5)1(7)8-9-6. The van der Waals surface area contributed by atoms with Gasteiger partial charge in [0.25, 0.3) is 0 Å². The van der Waals surface area contributed by atoms with E-state index in [0.29, 0.717) is 9.21 Å². The molecule has 0 amide bonds. The molecule has 0 unspecified atom stereocenters. The highest BCUT2D eigenvalue weighted by Gasteiger charge is 2.41. The van der Waals surface area contributed by atoms with Crippen molar-refractivity contribution in [2.24, 2.45) is 0 Å². The Hall–Kier alpha value is 0.340. The third-order valence-corrected chi connectivity index (χ3v) is 1.09. The Kier molecular flexibility index (Phi) is 3.63. The minimum atomic E-state index is -4.88. The number of carbonyl (C=O) groups excluding carboxylic acids is 1. The first-order valence-electron chi connectivity index (χ1n) is 1.55. The lowest BCUT2D eigenvalue weighted by atomic mass is 10.7. The van der Waals surface area contributed by atoms with Crippen LogP contribution in [0.25, 0.3) is 0 Å². The molecule has 9 heavy (non-hydrogen) atoms. The summed E-state index contributed by atoms with van der Waals surface area (Å²) in [5, 5.41) is 0. The van der Waals surface area contributed by atoms with Crippen molar-refractivity contribution < 1.29 is 22.1 Å². The molecule has 0 N–H and O–H groups in total. The molecule has 0 aliphatic carbocycles. The van der Waals surface area contributed by atoms with Crippen molar-refractivity contribution in [3.05, 3.63) is 0 Å². The quantitative estimate of drug-likeness (QED) is 0.540. The average Bonchev–Trinajstić information content (AvgIpc) is 1.64. The SMILES string of the molecule is O=C(OSI)C(F)(F)F. The fraction of sp³-hybridized carbons (Fsp3) is 0.500. The van der Waals surface area contributed by atoms with Crippen molar-refractivity contribution in [3.8, 4) is 0 Å². The second-order valence-corrected chi connectivity index (χ2v) is 2.30. The first kappa shape index (κ1) is 9.34. The van der Waals surface area contributed by atoms with Gasteiger partial charge in [0.05, 0.1) is 0 Å². The molecule has 0 rings (SSSR count). The monoisotopic (exact) mass is 272 g/mol. The van der Waals surface area contributed by atoms with Gasteiger partial charge in [-0.1, -0.05) is 0 Å². The number of halogens is 4. The molecule has 0 spiro atoms. The van der Waals surface area contributed by atoms with Crippen molar-refractivity contribution >= 4 is 36.4 Å². The Morgan fingerprint density at radius 1 is 1.56 bits per heavy atom. The predicted octanol–water partition coefficient (Wildman–Crippen LogP) is 2.09. The lowest BCUT2D eigenvalue weighted by Gasteiger charge is -2.00. The first-order valence-corrected chi connectivity index (χ1v) is 4.83. The Bertz CT molecular complexity index is 113. The molecule has 0 saturated carbocycles. The van der Waals surface area contributed by atoms with E-state index >= 15 is 0 Å². The van der Waals surface area contributed by atoms with Crippen LogP contribution in [0.3, 0.4) is 0 Å². The summed E-state index contributed by atoms with van der Waals surface area (Å²) in [6.07, 6.45) is -4.88. The zero-order valence-corrected chi connectivity index (χ0v) is 6.71. The molecule has 2 nitrogen and oxygen atoms in total. The van der Waals surface area contributed by atoms with Gasteiger partial charge in [-0.25, -0.2) is 4.79 Å². The molecular weight excluding hydrogens is 272 g/mol. The van der Waals surface area contributed by atoms with E-state index in [1.807, 2.05) is 0 Å². The van der Waals surface area contributed by atoms with E-state index in [2.05, 4.69) is 4.18 Å². The summed E-state index contributed by atoms with van der Waals surface area (Å²) in [4.78, 5) is 9.69. The molecule has 0 aliphatic heterocycles. The molecule has 0 radical (unpaired) electrons. The fourth-order valence-electron chi connectivity index (χ4n) is 0.0759. The van der Waals surface area contributed by atoms with E-state index in [0.717, 1.165) is 0 Å². The van der Waals surface area contributed by atoms with Crippen molar-refractivity contribution in [2.75, 3.05) is 0 Å². The topological polar surface area (TPSA) is 26.3 Å². The number of rotatable bonds is 1. The molecular formula is C2F3IO2S. The van der Waals surface area contributed by atoms with Gasteiger partial charge in [0.1, 0.15) is 9.21 Å². The summed E-state index contributed by atoms with van der Waals surface area (Å²) in [5.74, 6) is -2.18. The lowest BCUT2D eigenvalue weighted by Crippen LogP contribution is -2.22. The van der Waals surface area contributed by atoms with Crippen LogP contribution in [-0.2, 0) is 8.98 Å². The van der Waals surface area contributed by atoms with Gasteiger partial charge in [-0.3, -0.25) is 0 Å². The van der Waals surface area contributed by atoms with Crippen LogP contribution in [0.5, 0.6) is 0 Å². The van der Waals surface area contributed by atoms with Crippen molar-refractivity contribution in [1.82, 2.24) is 0 Å². The summed E-state index contributed by atoms with van der Waals surface area (Å²) >= 11 is 1.42. The van der Waals surface area contributed by atoms with Crippen LogP contribution in [0.1, 0.15) is 0 Å². The molecule has 0 aromatic rings. The Balaban J connectivity index is 3.74. The van der Waals surface area contributed by atoms with Crippen LogP contribution in [0.4, 0.5) is 13.2 Å². The summed E-state index contributed by atoms with van der Waals surface area (Å²) in [6.45, 7) is 0. The molecule has 0 fully saturated rings. The molecule has 0 saturated heterocycles. The van der Waals surface area contributed by atoms with Crippen molar-refractivity contribution in [3.63, 3.8) is 0 Å². The third-order valence-electron chi connectivity index (χ3n) is 0.339. The minimum absolute atomic E-state index is 0.337. The smallest absolute Gasteiger partial charge is 0.373 e. The van der Waals surface area contributed by atoms with Crippen LogP contribution in [0.2, 0.25) is 0 Å². The number of hydrogen-bond donors (Lipinski definition) is 0. The molecule has 0 bridgehead atoms. The second-order valence-electron chi connectivity index (χ2n) is 0.932. The summed E-state index contributed by atoms with van der Waals surface area (Å²) in [7, 11) is 0.337. The number of carbonyl (C=O) groups is 1. The zero-order chi connectivity index (χ0) is 7.49. The number of alkyl halides is 3. The van der Waals surface area contributed by atoms with Gasteiger partial charge in [-0.05, 0) is 0 Å². The molecule has 0 aromatic carbocycles. The molecule has 0 aliphatic rings. The summed E-state index contributed by atoms with van der Waals surface area (Å²) in [5.41, 5.74) is 0. The van der Waals surface area contributed by atoms with Gasteiger partial charge in [-0.2, -0.15) is 13.2 Å². The molecule has 54 valence electrons. The van der Waals surface area contributed by atoms with Crippen molar-refractivity contribution in [1.29, 1.82) is 0 Å². The zero-order valence-electron chi connectivity index (χ0n) is 3.74. The van der Waals surface area contributed by atoms with E-state index in [9.17, 15) is 18.0 Å². The minimum Gasteiger partial charge on any atom is -0.373 e. The van der Waals surface area contributed by atoms with E-state index in [-0.39, 0.29) is 0 Å². The van der Waals surface area contributed by atoms with Gasteiger partial charge in [0.15, 0.2) is 0 Å². The van der Waals surface area contributed by atoms with Gasteiger partial charge in [0.2, 0.25) is 0 Å². The van der Waals surface area contributed by atoms with Crippen molar-refractivity contribution in [2.45, 2.75) is 6.18 Å². The fourth-order valence-corrected chi connectivity index (χ4v) is 0.717. The molecule has 7 heteroatoms. The average molecular weight is 272 g/mol. The third kappa shape index (κ3) is 3.84. The lowest BCUT2D eigenvalue weighted by molar-refractivity contribution is -0.188. The maximum atomic E-state index is 11.1. The normalized spacial score (nSPS) is 11.1. The first-order chi connectivity index (χ1) is 3.98. The maximum absolute atomic E-state index is 11.1. The van der Waals surface area contributed by atoms with Crippen LogP contribution < -0.4 is 0 Å². The van der Waals surface area contributed by atoms with Crippen LogP contribution >= 0.6 is 30.4 Å². The van der Waals surface area contributed by atoms with Gasteiger partial charge in [-0.15, -0.1) is 0 Å². The van der Waals surface area contributed by atoms with Gasteiger partial charge >= 0.3 is 12.1 Å². The van der Waals surface area contributed by atoms with Crippen LogP contribution in [0, 0.1) is 0 Å². The molecule has 0 aromatic heterocycles. The molecule has 0 atom stereocenters. The maximum Gasteiger partial charge on any atom is 0.492 e. The largest absolute Gasteiger partial charge is 0.492 e. The highest BCUT2D eigenvalue weighted by atomic mass is 127. The van der Waals surface area contributed by atoms with E-state index in [1.165, 1.54) is 21.2 Å². The Morgan fingerprint density at radius 3 is 2.11 bits per heavy atom. The predicted molar refractivity (Wildman–Crippen MR) is 33.8 cm³/mol. The van der Waals surface area contributed by atoms with Gasteiger partial charge < -0.3 is 4.18 Å². The summed E-state index contributed by atoms with van der Waals surface area (Å²) in [6, 6.07) is 0. The Morgan fingerprint density at radius 2 is 2.00 bits per heavy atom. The highest BCUT2D eigenvalue weighted by Crippen LogP contribution is 2.22. The second kappa shape index (κ2) is 3.49. The van der Waals surface area contributed by atoms with Crippen LogP contribution in [-0.4, -0.2) is 12.1 Å². The number of hydrogen-bond acceptors (Lipinski definition) is 3. The van der Waals surface area contributed by atoms with E-state index in [1.54, 1.807) is 0 Å². The highest BCUT2D eigenvalue weighted by molar-refractivity contribution is 14.2. The Labute approximate surface area is 64.9 Å². The van der Waals surface area contributed by atoms with Crippen LogP contribution in [0.15, 0.2) is 0 Å². The van der Waals surface area contributed by atoms with E-state index in [4.69, 9.17) is 0 Å². The molecule has 0 heterocycles. The van der Waals surface area contributed by atoms with Gasteiger partial charge in [0, 0.05) is 21.2 Å². The van der Waals surface area contributed by atoms with E-state index < -0.39 is 12.1 Å². The summed E-state index contributed by atoms with van der Waals surface area (Å²) < 4.78 is 37.0.